The third-order valence-electron chi connectivity index (χ3n) is 5.39. The molecule has 16 nitrogen and oxygen atoms in total. The number of carbonyl (C=O) groups is 4. The summed E-state index contributed by atoms with van der Waals surface area (Å²) in [5, 5.41) is 15.2. The third kappa shape index (κ3) is 5.27. The van der Waals surface area contributed by atoms with Gasteiger partial charge in [0.15, 0.2) is 6.04 Å². The zero-order valence-corrected chi connectivity index (χ0v) is 20.4. The van der Waals surface area contributed by atoms with E-state index in [1.165, 1.54) is 28.8 Å². The summed E-state index contributed by atoms with van der Waals surface area (Å²) in [7, 11) is 1.49. The molecule has 0 saturated carbocycles. The van der Waals surface area contributed by atoms with Crippen LogP contribution in [0.4, 0.5) is 9.59 Å². The second-order valence-electron chi connectivity index (χ2n) is 7.58. The summed E-state index contributed by atoms with van der Waals surface area (Å²) in [6.45, 7) is 6.40. The monoisotopic (exact) mass is 537 g/mol. The Hall–Kier alpha value is -3.96. The van der Waals surface area contributed by atoms with Gasteiger partial charge in [0.25, 0.3) is 5.91 Å². The van der Waals surface area contributed by atoms with Crippen molar-refractivity contribution in [2.24, 2.45) is 0 Å². The lowest BCUT2D eigenvalue weighted by atomic mass is 9.90. The van der Waals surface area contributed by atoms with Gasteiger partial charge in [-0.2, -0.15) is 0 Å². The average Bonchev–Trinajstić information content (AvgIpc) is 3.44. The number of carbonyl (C=O) groups excluding carboxylic acids is 4. The van der Waals surface area contributed by atoms with Gasteiger partial charge in [-0.1, -0.05) is 42.1 Å². The Bertz CT molecular complexity index is 1140. The summed E-state index contributed by atoms with van der Waals surface area (Å²) in [6.07, 6.45) is -0.0303. The minimum Gasteiger partial charge on any atom is -0.430 e. The van der Waals surface area contributed by atoms with Crippen LogP contribution in [0.25, 0.3) is 0 Å². The molecule has 2 amide bonds. The first-order chi connectivity index (χ1) is 17.9. The molecule has 3 aliphatic heterocycles. The number of likely N-dealkylation sites (N-methyl/N-ethyl adjacent to an activating group) is 1. The summed E-state index contributed by atoms with van der Waals surface area (Å²) in [5.41, 5.74) is 0.449. The predicted molar refractivity (Wildman–Crippen MR) is 121 cm³/mol. The van der Waals surface area contributed by atoms with Crippen LogP contribution in [-0.4, -0.2) is 105 Å². The molecule has 3 aliphatic rings. The molecule has 37 heavy (non-hydrogen) atoms. The molecule has 2 fully saturated rings. The van der Waals surface area contributed by atoms with E-state index >= 15 is 0 Å². The Morgan fingerprint density at radius 1 is 1.22 bits per heavy atom. The van der Waals surface area contributed by atoms with E-state index in [0.29, 0.717) is 10.7 Å². The largest absolute Gasteiger partial charge is 0.528 e. The molecule has 1 aromatic rings. The normalized spacial score (nSPS) is 22.0. The molecule has 0 radical (unpaired) electrons. The molecule has 0 aromatic carbocycles. The van der Waals surface area contributed by atoms with E-state index < -0.39 is 36.4 Å². The first-order valence-electron chi connectivity index (χ1n) is 10.8. The van der Waals surface area contributed by atoms with Gasteiger partial charge in [-0.3, -0.25) is 14.5 Å². The van der Waals surface area contributed by atoms with Crippen LogP contribution >= 0.6 is 11.8 Å². The van der Waals surface area contributed by atoms with Gasteiger partial charge < -0.3 is 29.1 Å². The maximum absolute atomic E-state index is 13.1. The molecule has 4 rings (SSSR count). The van der Waals surface area contributed by atoms with E-state index in [2.05, 4.69) is 34.0 Å². The molecular weight excluding hydrogens is 514 g/mol. The number of nitrogens with one attached hydrogen (secondary N) is 1. The van der Waals surface area contributed by atoms with E-state index in [-0.39, 0.29) is 44.0 Å². The number of tetrazole rings is 1. The topological polar surface area (TPSA) is 177 Å². The van der Waals surface area contributed by atoms with E-state index in [1.54, 1.807) is 0 Å². The highest BCUT2D eigenvalue weighted by molar-refractivity contribution is 7.99. The second kappa shape index (κ2) is 11.4. The number of hydrogen-bond acceptors (Lipinski definition) is 14. The van der Waals surface area contributed by atoms with Crippen LogP contribution in [0.1, 0.15) is 0 Å². The number of ether oxygens (including phenoxy) is 4. The van der Waals surface area contributed by atoms with Crippen molar-refractivity contribution in [2.45, 2.75) is 29.9 Å². The summed E-state index contributed by atoms with van der Waals surface area (Å²) in [5.74, 6) is -0.703. The van der Waals surface area contributed by atoms with Crippen LogP contribution < -0.4 is 5.32 Å². The number of β-lactam (4-membered cyclic amide) rings is 1. The van der Waals surface area contributed by atoms with Gasteiger partial charge >= 0.3 is 12.3 Å². The Balaban J connectivity index is 1.53. The fourth-order valence-corrected chi connectivity index (χ4v) is 4.74. The third-order valence-corrected chi connectivity index (χ3v) is 6.39. The SMILES string of the molecule is C=CCOC(=O)OC1=C(CSc2nnnn2CC(=O)NC)C2OCN(OC(=O)OCC=C)[C@@H]3C(=O)N1[C@H]23. The molecule has 17 heteroatoms. The lowest BCUT2D eigenvalue weighted by Gasteiger charge is -2.50. The number of hydroxylamine groups is 2. The van der Waals surface area contributed by atoms with Crippen molar-refractivity contribution >= 4 is 35.9 Å². The van der Waals surface area contributed by atoms with Gasteiger partial charge in [0.2, 0.25) is 16.9 Å². The molecule has 1 unspecified atom stereocenters. The Labute approximate surface area is 214 Å². The number of nitrogens with zero attached hydrogens (tertiary/aromatic N) is 6. The highest BCUT2D eigenvalue weighted by Crippen LogP contribution is 2.46. The van der Waals surface area contributed by atoms with Crippen LogP contribution in [-0.2, 0) is 39.9 Å². The predicted octanol–water partition coefficient (Wildman–Crippen LogP) is -0.432. The fourth-order valence-electron chi connectivity index (χ4n) is 3.82. The highest BCUT2D eigenvalue weighted by atomic mass is 32.2. The van der Waals surface area contributed by atoms with Crippen molar-refractivity contribution in [1.29, 1.82) is 0 Å². The van der Waals surface area contributed by atoms with E-state index in [4.69, 9.17) is 23.8 Å². The van der Waals surface area contributed by atoms with Crippen LogP contribution in [0.3, 0.4) is 0 Å². The Kier molecular flexibility index (Phi) is 8.04. The molecular formula is C20H23N7O9S. The molecule has 198 valence electrons. The van der Waals surface area contributed by atoms with Gasteiger partial charge in [-0.25, -0.2) is 14.3 Å². The maximum atomic E-state index is 13.1. The quantitative estimate of drug-likeness (QED) is 0.166. The van der Waals surface area contributed by atoms with Crippen molar-refractivity contribution in [1.82, 2.24) is 35.5 Å². The Morgan fingerprint density at radius 2 is 1.95 bits per heavy atom. The van der Waals surface area contributed by atoms with Crippen LogP contribution in [0.5, 0.6) is 0 Å². The molecule has 2 saturated heterocycles. The summed E-state index contributed by atoms with van der Waals surface area (Å²) < 4.78 is 22.3. The molecule has 3 atom stereocenters. The van der Waals surface area contributed by atoms with Gasteiger partial charge in [-0.05, 0) is 10.4 Å². The average molecular weight is 538 g/mol. The van der Waals surface area contributed by atoms with Crippen molar-refractivity contribution in [3.05, 3.63) is 36.8 Å². The van der Waals surface area contributed by atoms with Gasteiger partial charge in [-0.15, -0.1) is 5.10 Å². The number of aromatic nitrogens is 4. The molecule has 0 aliphatic carbocycles. The molecule has 0 spiro atoms. The van der Waals surface area contributed by atoms with Crippen LogP contribution in [0.2, 0.25) is 0 Å². The van der Waals surface area contributed by atoms with E-state index in [1.807, 2.05) is 0 Å². The maximum Gasteiger partial charge on any atom is 0.528 e. The summed E-state index contributed by atoms with van der Waals surface area (Å²) >= 11 is 1.14. The molecule has 4 heterocycles. The lowest BCUT2D eigenvalue weighted by molar-refractivity contribution is -0.272. The van der Waals surface area contributed by atoms with Crippen molar-refractivity contribution in [3.8, 4) is 0 Å². The minimum atomic E-state index is -1.04. The van der Waals surface area contributed by atoms with Gasteiger partial charge in [0.1, 0.15) is 32.6 Å². The Morgan fingerprint density at radius 3 is 2.65 bits per heavy atom. The number of rotatable bonds is 11. The van der Waals surface area contributed by atoms with E-state index in [9.17, 15) is 19.2 Å². The molecule has 1 aromatic heterocycles. The van der Waals surface area contributed by atoms with Crippen LogP contribution in [0, 0.1) is 0 Å². The number of thioether (sulfide) groups is 1. The first kappa shape index (κ1) is 26.1. The van der Waals surface area contributed by atoms with Crippen molar-refractivity contribution < 1.29 is 43.0 Å². The van der Waals surface area contributed by atoms with E-state index in [0.717, 1.165) is 16.8 Å². The standard InChI is InChI=1S/C20H23N7O9S/c1-4-6-32-19(30)35-17-11(9-37-18-22-23-24-25(18)8-12(28)21-3)15-13-14(16(29)27(13)17)26(10-34-15)36-20(31)33-7-5-2/h4-5,13-15H,1-2,6-10H2,3H3,(H,21,28)/t13-,14-,15?/m0/s1. The van der Waals surface area contributed by atoms with Crippen molar-refractivity contribution in [3.63, 3.8) is 0 Å². The number of amides is 2. The van der Waals surface area contributed by atoms with Crippen molar-refractivity contribution in [2.75, 3.05) is 32.7 Å². The lowest BCUT2D eigenvalue weighted by Crippen LogP contribution is -2.74. The first-order valence-corrected chi connectivity index (χ1v) is 11.8. The van der Waals surface area contributed by atoms with Crippen LogP contribution in [0.15, 0.2) is 41.9 Å². The zero-order valence-electron chi connectivity index (χ0n) is 19.6. The highest BCUT2D eigenvalue weighted by Gasteiger charge is 2.65. The van der Waals surface area contributed by atoms with Gasteiger partial charge in [0, 0.05) is 18.4 Å². The molecule has 1 N–H and O–H groups in total. The van der Waals surface area contributed by atoms with Gasteiger partial charge in [0.05, 0.1) is 6.04 Å². The zero-order chi connectivity index (χ0) is 26.5. The fraction of sp³-hybridized carbons (Fsp3) is 0.450. The second-order valence-corrected chi connectivity index (χ2v) is 8.52. The number of hydrogen-bond donors (Lipinski definition) is 1. The summed E-state index contributed by atoms with van der Waals surface area (Å²) in [6, 6.07) is -1.54. The summed E-state index contributed by atoms with van der Waals surface area (Å²) in [4.78, 5) is 55.3. The minimum absolute atomic E-state index is 0.0563. The smallest absolute Gasteiger partial charge is 0.430 e. The molecule has 0 bridgehead atoms.